The Morgan fingerprint density at radius 1 is 1.41 bits per heavy atom. The summed E-state index contributed by atoms with van der Waals surface area (Å²) in [5.74, 6) is -2.40. The second-order valence-corrected chi connectivity index (χ2v) is 5.46. The number of esters is 2. The van der Waals surface area contributed by atoms with Crippen LogP contribution in [0.5, 0.6) is 0 Å². The molecule has 8 heteroatoms. The van der Waals surface area contributed by atoms with Crippen molar-refractivity contribution in [1.82, 2.24) is 5.32 Å². The van der Waals surface area contributed by atoms with Crippen molar-refractivity contribution in [2.24, 2.45) is 5.92 Å². The Morgan fingerprint density at radius 3 is 2.86 bits per heavy atom. The van der Waals surface area contributed by atoms with E-state index in [4.69, 9.17) is 18.9 Å². The van der Waals surface area contributed by atoms with Gasteiger partial charge in [-0.05, 0) is 0 Å². The fourth-order valence-corrected chi connectivity index (χ4v) is 3.46. The highest BCUT2D eigenvalue weighted by Gasteiger charge is 2.69. The summed E-state index contributed by atoms with van der Waals surface area (Å²) in [5, 5.41) is 2.56. The summed E-state index contributed by atoms with van der Waals surface area (Å²) in [7, 11) is 2.45. The summed E-state index contributed by atoms with van der Waals surface area (Å²) in [6.07, 6.45) is 2.30. The van der Waals surface area contributed by atoms with Gasteiger partial charge in [0.25, 0.3) is 0 Å². The minimum absolute atomic E-state index is 0.239. The average molecular weight is 311 g/mol. The second kappa shape index (κ2) is 5.36. The number of fused-ring (bicyclic) bond motifs is 3. The number of carbonyl (C=O) groups is 3. The number of rotatable bonds is 3. The molecule has 22 heavy (non-hydrogen) atoms. The minimum atomic E-state index is -1.36. The predicted molar refractivity (Wildman–Crippen MR) is 70.6 cm³/mol. The molecule has 1 N–H and O–H groups in total. The fourth-order valence-electron chi connectivity index (χ4n) is 3.46. The third kappa shape index (κ3) is 2.02. The lowest BCUT2D eigenvalue weighted by Crippen LogP contribution is -2.52. The SMILES string of the molecule is COC(=O)C[C@]12O[C@@H]3C=CCO[C@@H]3[C@H]1C(=O)N[C@@H]2C(=O)OC. The zero-order chi connectivity index (χ0) is 15.9. The van der Waals surface area contributed by atoms with Gasteiger partial charge in [0.1, 0.15) is 17.8 Å². The van der Waals surface area contributed by atoms with Crippen molar-refractivity contribution in [2.75, 3.05) is 20.8 Å². The molecule has 0 bridgehead atoms. The summed E-state index contributed by atoms with van der Waals surface area (Å²) in [6, 6.07) is -1.07. The topological polar surface area (TPSA) is 100 Å². The molecule has 3 aliphatic heterocycles. The number of nitrogens with one attached hydrogen (secondary N) is 1. The molecule has 0 aromatic rings. The lowest BCUT2D eigenvalue weighted by Gasteiger charge is -2.30. The van der Waals surface area contributed by atoms with E-state index in [1.165, 1.54) is 14.2 Å². The average Bonchev–Trinajstić information content (AvgIpc) is 2.98. The van der Waals surface area contributed by atoms with E-state index in [1.807, 2.05) is 0 Å². The van der Waals surface area contributed by atoms with Gasteiger partial charge in [-0.3, -0.25) is 9.59 Å². The number of hydrogen-bond acceptors (Lipinski definition) is 7. The van der Waals surface area contributed by atoms with Gasteiger partial charge in [-0.2, -0.15) is 0 Å². The van der Waals surface area contributed by atoms with Gasteiger partial charge in [-0.1, -0.05) is 12.2 Å². The van der Waals surface area contributed by atoms with Crippen LogP contribution in [0.25, 0.3) is 0 Å². The first kappa shape index (κ1) is 15.0. The Balaban J connectivity index is 2.02. The zero-order valence-corrected chi connectivity index (χ0v) is 12.2. The maximum absolute atomic E-state index is 12.4. The van der Waals surface area contributed by atoms with Gasteiger partial charge in [0.2, 0.25) is 5.91 Å². The Labute approximate surface area is 126 Å². The molecular formula is C14H17NO7. The van der Waals surface area contributed by atoms with Crippen LogP contribution >= 0.6 is 0 Å². The van der Waals surface area contributed by atoms with Crippen LogP contribution in [0.1, 0.15) is 6.42 Å². The van der Waals surface area contributed by atoms with Crippen molar-refractivity contribution in [3.8, 4) is 0 Å². The van der Waals surface area contributed by atoms with Crippen molar-refractivity contribution in [1.29, 1.82) is 0 Å². The van der Waals surface area contributed by atoms with Crippen molar-refractivity contribution >= 4 is 17.8 Å². The van der Waals surface area contributed by atoms with Gasteiger partial charge >= 0.3 is 11.9 Å². The van der Waals surface area contributed by atoms with Crippen LogP contribution in [0, 0.1) is 5.92 Å². The molecule has 1 amide bonds. The molecular weight excluding hydrogens is 294 g/mol. The third-order valence-corrected chi connectivity index (χ3v) is 4.39. The Morgan fingerprint density at radius 2 is 2.18 bits per heavy atom. The highest BCUT2D eigenvalue weighted by molar-refractivity contribution is 5.94. The van der Waals surface area contributed by atoms with E-state index in [9.17, 15) is 14.4 Å². The number of hydrogen-bond donors (Lipinski definition) is 1. The molecule has 0 spiro atoms. The van der Waals surface area contributed by atoms with Crippen LogP contribution in [-0.4, -0.2) is 62.5 Å². The molecule has 3 aliphatic rings. The van der Waals surface area contributed by atoms with Crippen LogP contribution in [0.2, 0.25) is 0 Å². The van der Waals surface area contributed by atoms with E-state index >= 15 is 0 Å². The monoisotopic (exact) mass is 311 g/mol. The Kier molecular flexibility index (Phi) is 3.65. The molecule has 120 valence electrons. The molecule has 0 unspecified atom stereocenters. The fraction of sp³-hybridized carbons (Fsp3) is 0.643. The van der Waals surface area contributed by atoms with Crippen LogP contribution in [-0.2, 0) is 33.3 Å². The molecule has 2 fully saturated rings. The van der Waals surface area contributed by atoms with E-state index in [2.05, 4.69) is 5.32 Å². The first-order valence-electron chi connectivity index (χ1n) is 6.94. The summed E-state index contributed by atoms with van der Waals surface area (Å²) < 4.78 is 21.0. The molecule has 0 aromatic heterocycles. The van der Waals surface area contributed by atoms with Gasteiger partial charge in [-0.15, -0.1) is 0 Å². The van der Waals surface area contributed by atoms with E-state index in [0.29, 0.717) is 6.61 Å². The van der Waals surface area contributed by atoms with Crippen LogP contribution in [0.4, 0.5) is 0 Å². The molecule has 8 nitrogen and oxygen atoms in total. The van der Waals surface area contributed by atoms with Gasteiger partial charge in [0.15, 0.2) is 6.04 Å². The van der Waals surface area contributed by atoms with Crippen molar-refractivity contribution in [3.63, 3.8) is 0 Å². The van der Waals surface area contributed by atoms with Gasteiger partial charge in [0, 0.05) is 0 Å². The van der Waals surface area contributed by atoms with E-state index in [1.54, 1.807) is 12.2 Å². The molecule has 0 radical (unpaired) electrons. The summed E-state index contributed by atoms with van der Waals surface area (Å²) in [5.41, 5.74) is -1.36. The first-order chi connectivity index (χ1) is 10.5. The highest BCUT2D eigenvalue weighted by atomic mass is 16.6. The number of carbonyl (C=O) groups excluding carboxylic acids is 3. The van der Waals surface area contributed by atoms with Gasteiger partial charge in [-0.25, -0.2) is 4.79 Å². The largest absolute Gasteiger partial charge is 0.469 e. The van der Waals surface area contributed by atoms with Crippen molar-refractivity contribution in [2.45, 2.75) is 30.3 Å². The van der Waals surface area contributed by atoms with Crippen molar-refractivity contribution in [3.05, 3.63) is 12.2 Å². The number of methoxy groups -OCH3 is 2. The standard InChI is InChI=1S/C14H17NO7/c1-19-8(16)6-14-9(10-7(22-14)4-3-5-21-10)12(17)15-11(14)13(18)20-2/h3-4,7,9-11H,5-6H2,1-2H3,(H,15,17)/t7-,9+,10+,11-,14+/m1/s1. The first-order valence-corrected chi connectivity index (χ1v) is 6.94. The van der Waals surface area contributed by atoms with Gasteiger partial charge in [0.05, 0.1) is 33.2 Å². The summed E-state index contributed by atoms with van der Waals surface area (Å²) >= 11 is 0. The maximum atomic E-state index is 12.4. The normalized spacial score (nSPS) is 38.9. The molecule has 0 aliphatic carbocycles. The molecule has 2 saturated heterocycles. The highest BCUT2D eigenvalue weighted by Crippen LogP contribution is 2.48. The molecule has 0 aromatic carbocycles. The van der Waals surface area contributed by atoms with E-state index in [0.717, 1.165) is 0 Å². The van der Waals surface area contributed by atoms with E-state index < -0.39 is 41.7 Å². The molecule has 3 rings (SSSR count). The molecule has 3 heterocycles. The summed E-state index contributed by atoms with van der Waals surface area (Å²) in [6.45, 7) is 0.353. The maximum Gasteiger partial charge on any atom is 0.331 e. The van der Waals surface area contributed by atoms with Gasteiger partial charge < -0.3 is 24.3 Å². The van der Waals surface area contributed by atoms with Crippen LogP contribution < -0.4 is 5.32 Å². The van der Waals surface area contributed by atoms with E-state index in [-0.39, 0.29) is 12.3 Å². The van der Waals surface area contributed by atoms with Crippen LogP contribution in [0.15, 0.2) is 12.2 Å². The number of amides is 1. The Hall–Kier alpha value is -1.93. The lowest BCUT2D eigenvalue weighted by atomic mass is 9.80. The van der Waals surface area contributed by atoms with Crippen molar-refractivity contribution < 1.29 is 33.3 Å². The molecule has 5 atom stereocenters. The minimum Gasteiger partial charge on any atom is -0.469 e. The summed E-state index contributed by atoms with van der Waals surface area (Å²) in [4.78, 5) is 36.2. The molecule has 0 saturated carbocycles. The van der Waals surface area contributed by atoms with Crippen LogP contribution in [0.3, 0.4) is 0 Å². The Bertz CT molecular complexity index is 545. The third-order valence-electron chi connectivity index (χ3n) is 4.39. The smallest absolute Gasteiger partial charge is 0.331 e. The second-order valence-electron chi connectivity index (χ2n) is 5.46. The lowest BCUT2D eigenvalue weighted by molar-refractivity contribution is -0.159. The quantitative estimate of drug-likeness (QED) is 0.523. The number of ether oxygens (including phenoxy) is 4. The zero-order valence-electron chi connectivity index (χ0n) is 12.2. The predicted octanol–water partition coefficient (Wildman–Crippen LogP) is -1.07.